The number of nitrogens with zero attached hydrogens (tertiary/aromatic N) is 5. The van der Waals surface area contributed by atoms with Gasteiger partial charge in [-0.3, -0.25) is 14.6 Å². The zero-order valence-corrected chi connectivity index (χ0v) is 16.9. The molecule has 3 aliphatic rings. The van der Waals surface area contributed by atoms with Gasteiger partial charge >= 0.3 is 12.0 Å². The molecule has 0 aromatic carbocycles. The molecule has 1 aromatic rings. The van der Waals surface area contributed by atoms with E-state index in [0.717, 1.165) is 43.7 Å². The lowest BCUT2D eigenvalue weighted by molar-refractivity contribution is -0.683. The topological polar surface area (TPSA) is 61.8 Å². The maximum Gasteiger partial charge on any atom is 0.402 e. The molecule has 3 heterocycles. The van der Waals surface area contributed by atoms with Crippen molar-refractivity contribution in [3.8, 4) is 0 Å². The first-order chi connectivity index (χ1) is 13.0. The Kier molecular flexibility index (Phi) is 4.56. The first-order valence-electron chi connectivity index (χ1n) is 10.3. The lowest BCUT2D eigenvalue weighted by Crippen LogP contribution is -2.63. The number of carbonyl (C=O) groups excluding carboxylic acids is 2. The number of amides is 3. The molecule has 1 saturated heterocycles. The van der Waals surface area contributed by atoms with Crippen LogP contribution in [0.3, 0.4) is 0 Å². The van der Waals surface area contributed by atoms with Crippen LogP contribution < -0.4 is 4.57 Å². The average molecular weight is 372 g/mol. The smallest absolute Gasteiger partial charge is 0.270 e. The summed E-state index contributed by atoms with van der Waals surface area (Å²) in [6.07, 6.45) is 7.71. The molecule has 0 spiro atoms. The molecule has 27 heavy (non-hydrogen) atoms. The second kappa shape index (κ2) is 6.77. The van der Waals surface area contributed by atoms with E-state index in [1.807, 2.05) is 0 Å². The van der Waals surface area contributed by atoms with E-state index < -0.39 is 6.04 Å². The van der Waals surface area contributed by atoms with Gasteiger partial charge < -0.3 is 0 Å². The standard InChI is InChI=1S/C20H30N5O2/c1-5-6-9-12-23-18(26)16-17(22(4)20(23)27)21-19-24(15-10-7-8-11-15)13(2)14(3)25(16)19/h15-16H,5-12H2,1-4H3/q+1. The van der Waals surface area contributed by atoms with Gasteiger partial charge in [0.1, 0.15) is 11.4 Å². The molecule has 1 aromatic heterocycles. The number of likely N-dealkylation sites (N-methyl/N-ethyl adjacent to an activating group) is 1. The van der Waals surface area contributed by atoms with E-state index in [2.05, 4.69) is 29.9 Å². The Morgan fingerprint density at radius 2 is 1.85 bits per heavy atom. The number of hydrogen-bond acceptors (Lipinski definition) is 3. The van der Waals surface area contributed by atoms with Crippen molar-refractivity contribution in [3.05, 3.63) is 11.4 Å². The molecule has 7 heteroatoms. The molecular weight excluding hydrogens is 342 g/mol. The molecule has 1 unspecified atom stereocenters. The predicted molar refractivity (Wildman–Crippen MR) is 102 cm³/mol. The van der Waals surface area contributed by atoms with E-state index in [1.165, 1.54) is 23.4 Å². The first kappa shape index (κ1) is 18.2. The van der Waals surface area contributed by atoms with Gasteiger partial charge in [0.05, 0.1) is 6.04 Å². The van der Waals surface area contributed by atoms with Gasteiger partial charge in [0.2, 0.25) is 11.9 Å². The fourth-order valence-electron chi connectivity index (χ4n) is 4.79. The summed E-state index contributed by atoms with van der Waals surface area (Å²) in [7, 11) is 1.74. The Hall–Kier alpha value is -2.18. The van der Waals surface area contributed by atoms with E-state index in [9.17, 15) is 9.59 Å². The second-order valence-corrected chi connectivity index (χ2v) is 8.06. The van der Waals surface area contributed by atoms with Crippen molar-refractivity contribution in [1.29, 1.82) is 0 Å². The monoisotopic (exact) mass is 372 g/mol. The number of fused-ring (bicyclic) bond motifs is 3. The molecule has 2 fully saturated rings. The van der Waals surface area contributed by atoms with Crippen LogP contribution in [0.5, 0.6) is 0 Å². The Balaban J connectivity index is 1.75. The van der Waals surface area contributed by atoms with Gasteiger partial charge in [-0.1, -0.05) is 24.8 Å². The predicted octanol–water partition coefficient (Wildman–Crippen LogP) is 3.18. The van der Waals surface area contributed by atoms with E-state index in [4.69, 9.17) is 4.99 Å². The molecule has 146 valence electrons. The third-order valence-corrected chi connectivity index (χ3v) is 6.43. The molecule has 4 rings (SSSR count). The van der Waals surface area contributed by atoms with Crippen LogP contribution in [0.15, 0.2) is 4.99 Å². The van der Waals surface area contributed by atoms with Crippen molar-refractivity contribution in [1.82, 2.24) is 14.4 Å². The zero-order valence-electron chi connectivity index (χ0n) is 16.9. The van der Waals surface area contributed by atoms with Crippen molar-refractivity contribution >= 4 is 23.7 Å². The van der Waals surface area contributed by atoms with Crippen LogP contribution in [0.25, 0.3) is 0 Å². The minimum atomic E-state index is -0.509. The fourth-order valence-corrected chi connectivity index (χ4v) is 4.79. The Labute approximate surface area is 160 Å². The fraction of sp³-hybridized carbons (Fsp3) is 0.700. The SMILES string of the molecule is CCCCCN1C(=O)C2C(=Nc3n(C4CCCC4)c(C)c(C)[n+]32)N(C)C1=O. The van der Waals surface area contributed by atoms with E-state index in [1.54, 1.807) is 11.9 Å². The van der Waals surface area contributed by atoms with E-state index >= 15 is 0 Å². The molecule has 1 saturated carbocycles. The number of carbonyl (C=O) groups is 2. The van der Waals surface area contributed by atoms with Crippen LogP contribution >= 0.6 is 0 Å². The normalized spacial score (nSPS) is 22.5. The van der Waals surface area contributed by atoms with Gasteiger partial charge in [-0.15, -0.1) is 0 Å². The number of rotatable bonds is 5. The number of aliphatic imine (C=N–C) groups is 1. The van der Waals surface area contributed by atoms with Crippen LogP contribution in [0.4, 0.5) is 10.7 Å². The van der Waals surface area contributed by atoms with Crippen molar-refractivity contribution in [2.45, 2.75) is 77.8 Å². The second-order valence-electron chi connectivity index (χ2n) is 8.06. The zero-order chi connectivity index (χ0) is 19.3. The van der Waals surface area contributed by atoms with Crippen molar-refractivity contribution in [2.75, 3.05) is 13.6 Å². The maximum absolute atomic E-state index is 13.3. The number of imidazole rings is 1. The van der Waals surface area contributed by atoms with Gasteiger partial charge in [-0.25, -0.2) is 13.9 Å². The highest BCUT2D eigenvalue weighted by molar-refractivity contribution is 6.19. The quantitative estimate of drug-likeness (QED) is 0.589. The van der Waals surface area contributed by atoms with Crippen LogP contribution in [-0.2, 0) is 4.79 Å². The number of amidine groups is 1. The van der Waals surface area contributed by atoms with Crippen LogP contribution in [0, 0.1) is 13.8 Å². The number of unbranched alkanes of at least 4 members (excludes halogenated alkanes) is 2. The van der Waals surface area contributed by atoms with Crippen LogP contribution in [-0.4, -0.2) is 45.7 Å². The van der Waals surface area contributed by atoms with Crippen molar-refractivity contribution in [3.63, 3.8) is 0 Å². The minimum Gasteiger partial charge on any atom is -0.270 e. The van der Waals surface area contributed by atoms with Gasteiger partial charge in [0.25, 0.3) is 5.91 Å². The summed E-state index contributed by atoms with van der Waals surface area (Å²) in [5.74, 6) is 1.27. The first-order valence-corrected chi connectivity index (χ1v) is 10.3. The lowest BCUT2D eigenvalue weighted by Gasteiger charge is -2.33. The van der Waals surface area contributed by atoms with Gasteiger partial charge in [0.15, 0.2) is 0 Å². The molecule has 1 atom stereocenters. The van der Waals surface area contributed by atoms with Crippen molar-refractivity contribution in [2.24, 2.45) is 4.99 Å². The summed E-state index contributed by atoms with van der Waals surface area (Å²) in [5.41, 5.74) is 2.26. The molecule has 7 nitrogen and oxygen atoms in total. The Morgan fingerprint density at radius 1 is 1.15 bits per heavy atom. The maximum atomic E-state index is 13.3. The third kappa shape index (κ3) is 2.62. The lowest BCUT2D eigenvalue weighted by atomic mass is 10.1. The number of aromatic nitrogens is 2. The summed E-state index contributed by atoms with van der Waals surface area (Å²) < 4.78 is 4.36. The van der Waals surface area contributed by atoms with E-state index in [0.29, 0.717) is 18.4 Å². The highest BCUT2D eigenvalue weighted by Crippen LogP contribution is 2.38. The Bertz CT molecular complexity index is 819. The van der Waals surface area contributed by atoms with Crippen LogP contribution in [0.1, 0.15) is 75.3 Å². The molecule has 3 amide bonds. The Morgan fingerprint density at radius 3 is 2.52 bits per heavy atom. The number of urea groups is 1. The average Bonchev–Trinajstić information content (AvgIpc) is 3.35. The molecule has 0 N–H and O–H groups in total. The summed E-state index contributed by atoms with van der Waals surface area (Å²) in [6, 6.07) is -0.314. The minimum absolute atomic E-state index is 0.136. The summed E-state index contributed by atoms with van der Waals surface area (Å²) in [6.45, 7) is 6.79. The molecule has 2 aliphatic heterocycles. The molecule has 0 radical (unpaired) electrons. The number of hydrogen-bond donors (Lipinski definition) is 0. The summed E-state index contributed by atoms with van der Waals surface area (Å²) in [4.78, 5) is 33.9. The highest BCUT2D eigenvalue weighted by atomic mass is 16.2. The van der Waals surface area contributed by atoms with Crippen molar-refractivity contribution < 1.29 is 14.2 Å². The third-order valence-electron chi connectivity index (χ3n) is 6.43. The number of imide groups is 1. The molecular formula is C20H30N5O2+. The van der Waals surface area contributed by atoms with Gasteiger partial charge in [0, 0.05) is 13.6 Å². The molecule has 1 aliphatic carbocycles. The van der Waals surface area contributed by atoms with Gasteiger partial charge in [-0.05, 0) is 46.0 Å². The van der Waals surface area contributed by atoms with Gasteiger partial charge in [-0.2, -0.15) is 0 Å². The molecule has 0 bridgehead atoms. The highest BCUT2D eigenvalue weighted by Gasteiger charge is 2.54. The summed E-state index contributed by atoms with van der Waals surface area (Å²) in [5, 5.41) is 0. The summed E-state index contributed by atoms with van der Waals surface area (Å²) >= 11 is 0. The van der Waals surface area contributed by atoms with E-state index in [-0.39, 0.29) is 11.9 Å². The van der Waals surface area contributed by atoms with Crippen LogP contribution in [0.2, 0.25) is 0 Å². The largest absolute Gasteiger partial charge is 0.402 e.